The van der Waals surface area contributed by atoms with Crippen molar-refractivity contribution in [2.24, 2.45) is 0 Å². The minimum Gasteiger partial charge on any atom is -0.481 e. The van der Waals surface area contributed by atoms with Gasteiger partial charge in [-0.2, -0.15) is 5.26 Å². The molecule has 1 aromatic heterocycles. The third-order valence-corrected chi connectivity index (χ3v) is 3.35. The number of ether oxygens (including phenoxy) is 1. The summed E-state index contributed by atoms with van der Waals surface area (Å²) in [5.41, 5.74) is 0.549. The highest BCUT2D eigenvalue weighted by Gasteiger charge is 2.16. The lowest BCUT2D eigenvalue weighted by Gasteiger charge is -2.13. The second kappa shape index (κ2) is 6.17. The van der Waals surface area contributed by atoms with Crippen molar-refractivity contribution in [1.29, 1.82) is 5.26 Å². The van der Waals surface area contributed by atoms with Crippen LogP contribution in [0.3, 0.4) is 0 Å². The lowest BCUT2D eigenvalue weighted by molar-refractivity contribution is -0.122. The summed E-state index contributed by atoms with van der Waals surface area (Å²) in [6, 6.07) is 8.63. The summed E-state index contributed by atoms with van der Waals surface area (Å²) in [5.74, 6) is 0.283. The number of anilines is 1. The molecule has 0 aliphatic rings. The molecule has 0 aliphatic heterocycles. The van der Waals surface area contributed by atoms with E-state index in [4.69, 9.17) is 10.00 Å². The summed E-state index contributed by atoms with van der Waals surface area (Å²) < 4.78 is 5.51. The summed E-state index contributed by atoms with van der Waals surface area (Å²) >= 11 is 1.41. The van der Waals surface area contributed by atoms with E-state index in [1.165, 1.54) is 11.3 Å². The van der Waals surface area contributed by atoms with E-state index in [1.54, 1.807) is 37.4 Å². The van der Waals surface area contributed by atoms with Crippen molar-refractivity contribution in [3.63, 3.8) is 0 Å². The minimum absolute atomic E-state index is 0.260. The van der Waals surface area contributed by atoms with Gasteiger partial charge in [0.1, 0.15) is 5.75 Å². The van der Waals surface area contributed by atoms with Gasteiger partial charge in [-0.1, -0.05) is 0 Å². The van der Waals surface area contributed by atoms with E-state index in [9.17, 15) is 4.79 Å². The number of carbonyl (C=O) groups is 1. The van der Waals surface area contributed by atoms with Crippen molar-refractivity contribution in [1.82, 2.24) is 4.98 Å². The second-order valence-corrected chi connectivity index (χ2v) is 5.40. The third kappa shape index (κ3) is 3.56. The van der Waals surface area contributed by atoms with E-state index >= 15 is 0 Å². The van der Waals surface area contributed by atoms with Gasteiger partial charge in [-0.3, -0.25) is 10.1 Å². The molecule has 2 aromatic rings. The Bertz CT molecular complexity index is 643. The Morgan fingerprint density at radius 2 is 2.15 bits per heavy atom. The van der Waals surface area contributed by atoms with Gasteiger partial charge in [-0.25, -0.2) is 4.98 Å². The molecular weight excluding hydrogens is 274 g/mol. The van der Waals surface area contributed by atoms with Crippen LogP contribution in [0.5, 0.6) is 5.75 Å². The zero-order valence-electron chi connectivity index (χ0n) is 11.1. The number of carbonyl (C=O) groups excluding carboxylic acids is 1. The molecule has 20 heavy (non-hydrogen) atoms. The Labute approximate surface area is 120 Å². The Morgan fingerprint density at radius 1 is 1.45 bits per heavy atom. The van der Waals surface area contributed by atoms with Crippen LogP contribution in [0, 0.1) is 18.3 Å². The molecule has 2 rings (SSSR count). The smallest absolute Gasteiger partial charge is 0.266 e. The van der Waals surface area contributed by atoms with Crippen LogP contribution in [0.1, 0.15) is 17.4 Å². The van der Waals surface area contributed by atoms with Gasteiger partial charge in [-0.15, -0.1) is 11.3 Å². The molecule has 102 valence electrons. The number of aryl methyl sites for hydroxylation is 1. The molecule has 0 radical (unpaired) electrons. The molecule has 1 amide bonds. The maximum atomic E-state index is 11.9. The number of aromatic nitrogens is 1. The van der Waals surface area contributed by atoms with E-state index in [0.29, 0.717) is 16.4 Å². The molecule has 0 bridgehead atoms. The van der Waals surface area contributed by atoms with Gasteiger partial charge in [0.15, 0.2) is 11.2 Å². The molecular formula is C14H13N3O2S. The van der Waals surface area contributed by atoms with Gasteiger partial charge >= 0.3 is 0 Å². The van der Waals surface area contributed by atoms with Crippen LogP contribution >= 0.6 is 11.3 Å². The number of nitrogens with zero attached hydrogens (tertiary/aromatic N) is 2. The molecule has 1 aromatic carbocycles. The molecule has 5 nitrogen and oxygen atoms in total. The number of hydrogen-bond donors (Lipinski definition) is 1. The Balaban J connectivity index is 1.95. The quantitative estimate of drug-likeness (QED) is 0.938. The first-order valence-corrected chi connectivity index (χ1v) is 6.80. The van der Waals surface area contributed by atoms with Crippen LogP contribution in [0.25, 0.3) is 0 Å². The minimum atomic E-state index is -0.646. The van der Waals surface area contributed by atoms with E-state index in [2.05, 4.69) is 10.3 Å². The average Bonchev–Trinajstić information content (AvgIpc) is 2.85. The van der Waals surface area contributed by atoms with Crippen molar-refractivity contribution in [3.8, 4) is 11.8 Å². The van der Waals surface area contributed by atoms with Gasteiger partial charge < -0.3 is 4.74 Å². The molecule has 0 aliphatic carbocycles. The van der Waals surface area contributed by atoms with E-state index in [0.717, 1.165) is 4.88 Å². The molecule has 0 saturated heterocycles. The largest absolute Gasteiger partial charge is 0.481 e. The van der Waals surface area contributed by atoms with Crippen molar-refractivity contribution in [2.45, 2.75) is 20.0 Å². The second-order valence-electron chi connectivity index (χ2n) is 4.16. The number of nitriles is 1. The summed E-state index contributed by atoms with van der Waals surface area (Å²) in [6.07, 6.45) is 1.05. The van der Waals surface area contributed by atoms with Crippen molar-refractivity contribution < 1.29 is 9.53 Å². The highest BCUT2D eigenvalue weighted by Crippen LogP contribution is 2.18. The maximum Gasteiger partial charge on any atom is 0.266 e. The predicted molar refractivity (Wildman–Crippen MR) is 76.7 cm³/mol. The van der Waals surface area contributed by atoms with E-state index in [1.807, 2.05) is 13.0 Å². The van der Waals surface area contributed by atoms with E-state index < -0.39 is 6.10 Å². The Kier molecular flexibility index (Phi) is 4.33. The summed E-state index contributed by atoms with van der Waals surface area (Å²) in [5, 5.41) is 12.0. The van der Waals surface area contributed by atoms with E-state index in [-0.39, 0.29) is 5.91 Å². The van der Waals surface area contributed by atoms with Crippen LogP contribution in [0.15, 0.2) is 30.5 Å². The molecule has 0 fully saturated rings. The molecule has 1 N–H and O–H groups in total. The van der Waals surface area contributed by atoms with Crippen LogP contribution in [-0.2, 0) is 4.79 Å². The first-order valence-electron chi connectivity index (χ1n) is 5.98. The SMILES string of the molecule is Cc1cnc(NC(=O)[C@H](C)Oc2ccc(C#N)cc2)s1. The number of thiazole rings is 1. The average molecular weight is 287 g/mol. The first-order chi connectivity index (χ1) is 9.58. The molecule has 6 heteroatoms. The van der Waals surface area contributed by atoms with Gasteiger partial charge in [0.2, 0.25) is 0 Å². The van der Waals surface area contributed by atoms with Crippen LogP contribution in [0.2, 0.25) is 0 Å². The molecule has 0 unspecified atom stereocenters. The Hall–Kier alpha value is -2.39. The standard InChI is InChI=1S/C14H13N3O2S/c1-9-8-16-14(20-9)17-13(18)10(2)19-12-5-3-11(7-15)4-6-12/h3-6,8,10H,1-2H3,(H,16,17,18)/t10-/m0/s1. The topological polar surface area (TPSA) is 75.0 Å². The number of hydrogen-bond acceptors (Lipinski definition) is 5. The van der Waals surface area contributed by atoms with Gasteiger partial charge in [-0.05, 0) is 38.1 Å². The van der Waals surface area contributed by atoms with Crippen LogP contribution in [-0.4, -0.2) is 17.0 Å². The number of rotatable bonds is 4. The zero-order valence-corrected chi connectivity index (χ0v) is 11.9. The molecule has 0 saturated carbocycles. The lowest BCUT2D eigenvalue weighted by Crippen LogP contribution is -2.30. The molecule has 1 atom stereocenters. The number of amides is 1. The fourth-order valence-corrected chi connectivity index (χ4v) is 2.15. The summed E-state index contributed by atoms with van der Waals surface area (Å²) in [6.45, 7) is 3.58. The third-order valence-electron chi connectivity index (χ3n) is 2.52. The summed E-state index contributed by atoms with van der Waals surface area (Å²) in [4.78, 5) is 17.0. The Morgan fingerprint density at radius 3 is 2.70 bits per heavy atom. The van der Waals surface area contributed by atoms with Crippen LogP contribution < -0.4 is 10.1 Å². The molecule has 1 heterocycles. The maximum absolute atomic E-state index is 11.9. The lowest BCUT2D eigenvalue weighted by atomic mass is 10.2. The zero-order chi connectivity index (χ0) is 14.5. The highest BCUT2D eigenvalue weighted by molar-refractivity contribution is 7.15. The molecule has 0 spiro atoms. The van der Waals surface area contributed by atoms with Gasteiger partial charge in [0.25, 0.3) is 5.91 Å². The van der Waals surface area contributed by atoms with Gasteiger partial charge in [0.05, 0.1) is 11.6 Å². The number of nitrogens with one attached hydrogen (secondary N) is 1. The first kappa shape index (κ1) is 14.0. The van der Waals surface area contributed by atoms with Crippen molar-refractivity contribution in [2.75, 3.05) is 5.32 Å². The monoisotopic (exact) mass is 287 g/mol. The van der Waals surface area contributed by atoms with Gasteiger partial charge in [0, 0.05) is 11.1 Å². The fourth-order valence-electron chi connectivity index (χ4n) is 1.49. The summed E-state index contributed by atoms with van der Waals surface area (Å²) in [7, 11) is 0. The normalized spacial score (nSPS) is 11.4. The van der Waals surface area contributed by atoms with Crippen LogP contribution in [0.4, 0.5) is 5.13 Å². The highest BCUT2D eigenvalue weighted by atomic mass is 32.1. The predicted octanol–water partition coefficient (Wildman–Crippen LogP) is 2.73. The van der Waals surface area contributed by atoms with Crippen molar-refractivity contribution >= 4 is 22.4 Å². The fraction of sp³-hybridized carbons (Fsp3) is 0.214. The number of benzene rings is 1. The van der Waals surface area contributed by atoms with Crippen molar-refractivity contribution in [3.05, 3.63) is 40.9 Å².